The molecule has 1 atom stereocenters. The summed E-state index contributed by atoms with van der Waals surface area (Å²) in [6.07, 6.45) is 6.59. The molecule has 1 unspecified atom stereocenters. The van der Waals surface area contributed by atoms with Crippen molar-refractivity contribution in [2.45, 2.75) is 64.4 Å². The summed E-state index contributed by atoms with van der Waals surface area (Å²) in [6, 6.07) is 8.64. The summed E-state index contributed by atoms with van der Waals surface area (Å²) < 4.78 is 0. The maximum Gasteiger partial charge on any atom is 0.0858 e. The van der Waals surface area contributed by atoms with Gasteiger partial charge in [-0.1, -0.05) is 38.1 Å². The first-order valence-corrected chi connectivity index (χ1v) is 8.44. The lowest BCUT2D eigenvalue weighted by atomic mass is 9.62. The Bertz CT molecular complexity index is 477. The fourth-order valence-corrected chi connectivity index (χ4v) is 3.73. The summed E-state index contributed by atoms with van der Waals surface area (Å²) in [7, 11) is 0. The van der Waals surface area contributed by atoms with Gasteiger partial charge in [0.1, 0.15) is 0 Å². The molecule has 2 aliphatic carbocycles. The second kappa shape index (κ2) is 5.40. The van der Waals surface area contributed by atoms with E-state index in [1.807, 2.05) is 0 Å². The molecule has 2 fully saturated rings. The van der Waals surface area contributed by atoms with Crippen molar-refractivity contribution < 1.29 is 5.11 Å². The van der Waals surface area contributed by atoms with Gasteiger partial charge in [0, 0.05) is 12.0 Å². The minimum absolute atomic E-state index is 0.128. The van der Waals surface area contributed by atoms with Gasteiger partial charge in [-0.2, -0.15) is 0 Å². The minimum Gasteiger partial charge on any atom is -0.388 e. The average Bonchev–Trinajstić information content (AvgIpc) is 3.32. The zero-order valence-corrected chi connectivity index (χ0v) is 13.4. The quantitative estimate of drug-likeness (QED) is 0.874. The highest BCUT2D eigenvalue weighted by Crippen LogP contribution is 2.51. The molecule has 0 amide bonds. The van der Waals surface area contributed by atoms with E-state index in [2.05, 4.69) is 38.1 Å². The molecule has 2 aliphatic rings. The van der Waals surface area contributed by atoms with Gasteiger partial charge >= 0.3 is 0 Å². The van der Waals surface area contributed by atoms with E-state index in [1.165, 1.54) is 18.4 Å². The summed E-state index contributed by atoms with van der Waals surface area (Å²) in [5, 5.41) is 10.9. The van der Waals surface area contributed by atoms with E-state index >= 15 is 0 Å². The van der Waals surface area contributed by atoms with Crippen molar-refractivity contribution in [1.29, 1.82) is 0 Å². The fourth-order valence-electron chi connectivity index (χ4n) is 3.73. The standard InChI is InChI=1S/C19H29NO/c1-18(2)9-11-19(13-20,12-10-18)17(21)16-7-5-15(6-8-16)14-3-4-14/h5-8,14,17,21H,3-4,9-13,20H2,1-2H3. The molecule has 0 aromatic heterocycles. The molecule has 2 nitrogen and oxygen atoms in total. The van der Waals surface area contributed by atoms with Crippen LogP contribution in [0.15, 0.2) is 24.3 Å². The number of aliphatic hydroxyl groups excluding tert-OH is 1. The molecule has 2 saturated carbocycles. The van der Waals surface area contributed by atoms with Crippen LogP contribution in [0.25, 0.3) is 0 Å². The average molecular weight is 287 g/mol. The van der Waals surface area contributed by atoms with Crippen LogP contribution in [0.3, 0.4) is 0 Å². The van der Waals surface area contributed by atoms with Crippen LogP contribution in [0.1, 0.15) is 75.5 Å². The molecule has 0 aliphatic heterocycles. The molecule has 0 spiro atoms. The highest BCUT2D eigenvalue weighted by Gasteiger charge is 2.43. The molecule has 2 heteroatoms. The second-order valence-corrected chi connectivity index (χ2v) is 8.07. The van der Waals surface area contributed by atoms with Crippen molar-refractivity contribution in [2.24, 2.45) is 16.6 Å². The Labute approximate surface area is 128 Å². The number of rotatable bonds is 4. The van der Waals surface area contributed by atoms with Crippen LogP contribution < -0.4 is 5.73 Å². The molecule has 0 bridgehead atoms. The highest BCUT2D eigenvalue weighted by atomic mass is 16.3. The predicted molar refractivity (Wildman–Crippen MR) is 87.1 cm³/mol. The zero-order valence-electron chi connectivity index (χ0n) is 13.4. The number of hydrogen-bond acceptors (Lipinski definition) is 2. The Morgan fingerprint density at radius 1 is 1.10 bits per heavy atom. The van der Waals surface area contributed by atoms with Crippen molar-refractivity contribution in [3.8, 4) is 0 Å². The van der Waals surface area contributed by atoms with Crippen molar-refractivity contribution in [3.05, 3.63) is 35.4 Å². The van der Waals surface area contributed by atoms with Crippen LogP contribution in [-0.4, -0.2) is 11.7 Å². The van der Waals surface area contributed by atoms with Gasteiger partial charge in [0.25, 0.3) is 0 Å². The van der Waals surface area contributed by atoms with E-state index < -0.39 is 6.10 Å². The molecule has 21 heavy (non-hydrogen) atoms. The molecule has 3 rings (SSSR count). The van der Waals surface area contributed by atoms with Crippen LogP contribution in [0, 0.1) is 10.8 Å². The molecule has 116 valence electrons. The van der Waals surface area contributed by atoms with Crippen molar-refractivity contribution >= 4 is 0 Å². The number of aliphatic hydroxyl groups is 1. The molecular formula is C19H29NO. The number of benzene rings is 1. The van der Waals surface area contributed by atoms with E-state index in [4.69, 9.17) is 5.73 Å². The third kappa shape index (κ3) is 3.02. The van der Waals surface area contributed by atoms with Gasteiger partial charge in [0.15, 0.2) is 0 Å². The van der Waals surface area contributed by atoms with Gasteiger partial charge in [-0.05, 0) is 61.0 Å². The first-order chi connectivity index (χ1) is 9.96. The van der Waals surface area contributed by atoms with Gasteiger partial charge in [0.05, 0.1) is 6.10 Å². The van der Waals surface area contributed by atoms with Gasteiger partial charge in [-0.15, -0.1) is 0 Å². The van der Waals surface area contributed by atoms with E-state index in [-0.39, 0.29) is 5.41 Å². The molecule has 1 aromatic carbocycles. The van der Waals surface area contributed by atoms with E-state index in [1.54, 1.807) is 0 Å². The lowest BCUT2D eigenvalue weighted by Gasteiger charge is -2.45. The normalized spacial score (nSPS) is 25.5. The van der Waals surface area contributed by atoms with Crippen LogP contribution in [0.5, 0.6) is 0 Å². The molecule has 0 radical (unpaired) electrons. The van der Waals surface area contributed by atoms with Gasteiger partial charge in [0.2, 0.25) is 0 Å². The largest absolute Gasteiger partial charge is 0.388 e. The third-order valence-electron chi connectivity index (χ3n) is 5.89. The SMILES string of the molecule is CC1(C)CCC(CN)(C(O)c2ccc(C3CC3)cc2)CC1. The monoisotopic (exact) mass is 287 g/mol. The van der Waals surface area contributed by atoms with Crippen molar-refractivity contribution in [3.63, 3.8) is 0 Å². The van der Waals surface area contributed by atoms with Gasteiger partial charge < -0.3 is 10.8 Å². The van der Waals surface area contributed by atoms with Crippen LogP contribution >= 0.6 is 0 Å². The molecule has 3 N–H and O–H groups in total. The lowest BCUT2D eigenvalue weighted by Crippen LogP contribution is -2.41. The topological polar surface area (TPSA) is 46.2 Å². The number of nitrogens with two attached hydrogens (primary N) is 1. The first-order valence-electron chi connectivity index (χ1n) is 8.44. The molecule has 0 heterocycles. The fraction of sp³-hybridized carbons (Fsp3) is 0.684. The summed E-state index contributed by atoms with van der Waals surface area (Å²) in [4.78, 5) is 0. The Balaban J connectivity index is 1.76. The van der Waals surface area contributed by atoms with Gasteiger partial charge in [-0.25, -0.2) is 0 Å². The van der Waals surface area contributed by atoms with Gasteiger partial charge in [-0.3, -0.25) is 0 Å². The molecule has 0 saturated heterocycles. The minimum atomic E-state index is -0.424. The Morgan fingerprint density at radius 2 is 1.67 bits per heavy atom. The van der Waals surface area contributed by atoms with E-state index in [9.17, 15) is 5.11 Å². The highest BCUT2D eigenvalue weighted by molar-refractivity contribution is 5.30. The summed E-state index contributed by atoms with van der Waals surface area (Å²) in [5.74, 6) is 0.773. The summed E-state index contributed by atoms with van der Waals surface area (Å²) >= 11 is 0. The zero-order chi connectivity index (χ0) is 15.1. The maximum atomic E-state index is 10.9. The van der Waals surface area contributed by atoms with Crippen LogP contribution in [0.2, 0.25) is 0 Å². The Morgan fingerprint density at radius 3 is 2.14 bits per heavy atom. The Kier molecular flexibility index (Phi) is 3.87. The van der Waals surface area contributed by atoms with E-state index in [0.29, 0.717) is 12.0 Å². The summed E-state index contributed by atoms with van der Waals surface area (Å²) in [6.45, 7) is 5.23. The molecular weight excluding hydrogens is 258 g/mol. The number of hydrogen-bond donors (Lipinski definition) is 2. The smallest absolute Gasteiger partial charge is 0.0858 e. The Hall–Kier alpha value is -0.860. The second-order valence-electron chi connectivity index (χ2n) is 8.07. The molecule has 1 aromatic rings. The lowest BCUT2D eigenvalue weighted by molar-refractivity contribution is -0.0235. The predicted octanol–water partition coefficient (Wildman–Crippen LogP) is 4.14. The van der Waals surface area contributed by atoms with E-state index in [0.717, 1.165) is 37.2 Å². The van der Waals surface area contributed by atoms with Crippen molar-refractivity contribution in [1.82, 2.24) is 0 Å². The third-order valence-corrected chi connectivity index (χ3v) is 5.89. The summed E-state index contributed by atoms with van der Waals surface area (Å²) in [5.41, 5.74) is 8.84. The van der Waals surface area contributed by atoms with Crippen LogP contribution in [0.4, 0.5) is 0 Å². The van der Waals surface area contributed by atoms with Crippen LogP contribution in [-0.2, 0) is 0 Å². The first kappa shape index (κ1) is 15.1. The maximum absolute atomic E-state index is 10.9. The van der Waals surface area contributed by atoms with Crippen molar-refractivity contribution in [2.75, 3.05) is 6.54 Å².